The van der Waals surface area contributed by atoms with Crippen LogP contribution >= 0.6 is 0 Å². The first-order valence-corrected chi connectivity index (χ1v) is 17.3. The van der Waals surface area contributed by atoms with E-state index >= 15 is 0 Å². The molecule has 0 aromatic heterocycles. The molecule has 0 saturated carbocycles. The van der Waals surface area contributed by atoms with Gasteiger partial charge >= 0.3 is 5.97 Å². The van der Waals surface area contributed by atoms with Crippen molar-refractivity contribution in [1.82, 2.24) is 0 Å². The van der Waals surface area contributed by atoms with Crippen molar-refractivity contribution in [1.29, 1.82) is 0 Å². The average molecular weight is 459 g/mol. The molecule has 0 aliphatic heterocycles. The van der Waals surface area contributed by atoms with Crippen molar-refractivity contribution in [3.63, 3.8) is 0 Å². The van der Waals surface area contributed by atoms with Crippen LogP contribution in [0, 0.1) is 5.92 Å². The van der Waals surface area contributed by atoms with Gasteiger partial charge in [0.05, 0.1) is 0 Å². The van der Waals surface area contributed by atoms with Crippen molar-refractivity contribution >= 4 is 22.6 Å². The summed E-state index contributed by atoms with van der Waals surface area (Å²) in [6, 6.07) is 0. The Kier molecular flexibility index (Phi) is 11.3. The summed E-state index contributed by atoms with van der Waals surface area (Å²) >= 11 is 0. The largest absolute Gasteiger partial charge is 0.459 e. The summed E-state index contributed by atoms with van der Waals surface area (Å²) in [6.07, 6.45) is 1.87. The van der Waals surface area contributed by atoms with E-state index in [2.05, 4.69) is 88.2 Å². The Morgan fingerprint density at radius 3 is 1.83 bits per heavy atom. The molecule has 0 unspecified atom stereocenters. The van der Waals surface area contributed by atoms with E-state index in [0.717, 1.165) is 18.4 Å². The highest BCUT2D eigenvalue weighted by atomic mass is 28.4. The molecule has 4 nitrogen and oxygen atoms in total. The number of ether oxygens (including phenoxy) is 1. The van der Waals surface area contributed by atoms with Gasteiger partial charge in [-0.2, -0.15) is 0 Å². The molecule has 0 saturated heterocycles. The molecule has 0 bridgehead atoms. The Balaban J connectivity index is 5.12. The fraction of sp³-hybridized carbons (Fsp3) is 0.875. The Hall–Kier alpha value is -0.436. The van der Waals surface area contributed by atoms with Crippen molar-refractivity contribution in [3.8, 4) is 0 Å². The van der Waals surface area contributed by atoms with Crippen LogP contribution in [0.15, 0.2) is 12.2 Å². The molecule has 30 heavy (non-hydrogen) atoms. The maximum atomic E-state index is 12.9. The number of hydrogen-bond donors (Lipinski definition) is 0. The second-order valence-corrected chi connectivity index (χ2v) is 21.6. The molecule has 6 heteroatoms. The van der Waals surface area contributed by atoms with Crippen LogP contribution in [-0.4, -0.2) is 41.9 Å². The van der Waals surface area contributed by atoms with Gasteiger partial charge in [-0.25, -0.2) is 4.79 Å². The van der Waals surface area contributed by atoms with Crippen molar-refractivity contribution < 1.29 is 18.4 Å². The molecule has 0 N–H and O–H groups in total. The standard InChI is InChI=1S/C24H50O4Si2/c1-19(2)14-15-20(3)18-26-22(25)21(28-30(12,13)24(7,8)9)16-17-27-29(10,11)23(4,5)6/h19,21H,3,14-18H2,1-2,4-13H3/t21-/m1/s1. The van der Waals surface area contributed by atoms with Crippen molar-refractivity contribution in [2.75, 3.05) is 13.2 Å². The van der Waals surface area contributed by atoms with Gasteiger partial charge in [-0.15, -0.1) is 0 Å². The fourth-order valence-corrected chi connectivity index (χ4v) is 4.57. The molecule has 0 fully saturated rings. The third kappa shape index (κ3) is 10.2. The highest BCUT2D eigenvalue weighted by Gasteiger charge is 2.42. The van der Waals surface area contributed by atoms with E-state index in [9.17, 15) is 4.79 Å². The molecular formula is C24H50O4Si2. The van der Waals surface area contributed by atoms with Gasteiger partial charge in [0.2, 0.25) is 0 Å². The van der Waals surface area contributed by atoms with E-state index in [1.54, 1.807) is 0 Å². The monoisotopic (exact) mass is 458 g/mol. The van der Waals surface area contributed by atoms with E-state index in [0.29, 0.717) is 18.9 Å². The number of carbonyl (C=O) groups excluding carboxylic acids is 1. The van der Waals surface area contributed by atoms with Crippen LogP contribution in [0.1, 0.15) is 74.7 Å². The van der Waals surface area contributed by atoms with Crippen LogP contribution < -0.4 is 0 Å². The summed E-state index contributed by atoms with van der Waals surface area (Å²) in [5.41, 5.74) is 0.959. The van der Waals surface area contributed by atoms with E-state index < -0.39 is 22.7 Å². The van der Waals surface area contributed by atoms with Crippen LogP contribution in [-0.2, 0) is 18.4 Å². The van der Waals surface area contributed by atoms with Crippen LogP contribution in [0.3, 0.4) is 0 Å². The second-order valence-electron chi connectivity index (χ2n) is 12.1. The highest BCUT2D eigenvalue weighted by molar-refractivity contribution is 6.74. The van der Waals surface area contributed by atoms with Crippen LogP contribution in [0.2, 0.25) is 36.3 Å². The average Bonchev–Trinajstić information content (AvgIpc) is 2.54. The minimum absolute atomic E-state index is 0.0205. The van der Waals surface area contributed by atoms with Crippen molar-refractivity contribution in [2.45, 2.75) is 117 Å². The van der Waals surface area contributed by atoms with E-state index in [-0.39, 0.29) is 22.7 Å². The zero-order chi connectivity index (χ0) is 24.0. The molecule has 178 valence electrons. The lowest BCUT2D eigenvalue weighted by atomic mass is 10.0. The van der Waals surface area contributed by atoms with Crippen molar-refractivity contribution in [2.24, 2.45) is 5.92 Å². The van der Waals surface area contributed by atoms with Crippen LogP contribution in [0.5, 0.6) is 0 Å². The number of rotatable bonds is 12. The Morgan fingerprint density at radius 1 is 0.900 bits per heavy atom. The van der Waals surface area contributed by atoms with Gasteiger partial charge in [0.25, 0.3) is 0 Å². The molecule has 0 heterocycles. The minimum Gasteiger partial charge on any atom is -0.459 e. The normalized spacial score (nSPS) is 14.7. The van der Waals surface area contributed by atoms with Crippen LogP contribution in [0.4, 0.5) is 0 Å². The lowest BCUT2D eigenvalue weighted by Gasteiger charge is -2.39. The maximum absolute atomic E-state index is 12.9. The molecule has 0 aromatic carbocycles. The van der Waals surface area contributed by atoms with Gasteiger partial charge in [-0.1, -0.05) is 62.0 Å². The summed E-state index contributed by atoms with van der Waals surface area (Å²) in [7, 11) is -3.99. The van der Waals surface area contributed by atoms with Gasteiger partial charge < -0.3 is 13.6 Å². The first-order valence-electron chi connectivity index (χ1n) is 11.5. The number of carbonyl (C=O) groups is 1. The molecule has 0 aliphatic carbocycles. The third-order valence-corrected chi connectivity index (χ3v) is 15.7. The second kappa shape index (κ2) is 11.4. The van der Waals surface area contributed by atoms with E-state index in [1.807, 2.05) is 0 Å². The topological polar surface area (TPSA) is 44.8 Å². The summed E-state index contributed by atoms with van der Waals surface area (Å²) in [5, 5.41) is 0.157. The number of esters is 1. The quantitative estimate of drug-likeness (QED) is 0.174. The fourth-order valence-electron chi connectivity index (χ4n) is 2.23. The Morgan fingerprint density at radius 2 is 1.40 bits per heavy atom. The lowest BCUT2D eigenvalue weighted by molar-refractivity contribution is -0.152. The van der Waals surface area contributed by atoms with Crippen molar-refractivity contribution in [3.05, 3.63) is 12.2 Å². The molecule has 0 radical (unpaired) electrons. The summed E-state index contributed by atoms with van der Waals surface area (Å²) in [5.74, 6) is 0.323. The molecule has 0 aromatic rings. The Bertz CT molecular complexity index is 555. The predicted molar refractivity (Wildman–Crippen MR) is 134 cm³/mol. The third-order valence-electron chi connectivity index (χ3n) is 6.65. The SMILES string of the molecule is C=C(CCC(C)C)COC(=O)[C@@H](CCO[Si](C)(C)C(C)(C)C)O[Si](C)(C)C(C)(C)C. The molecule has 0 amide bonds. The molecule has 1 atom stereocenters. The van der Waals surface area contributed by atoms with Crippen LogP contribution in [0.25, 0.3) is 0 Å². The van der Waals surface area contributed by atoms with E-state index in [1.165, 1.54) is 0 Å². The van der Waals surface area contributed by atoms with E-state index in [4.69, 9.17) is 13.6 Å². The number of hydrogen-bond acceptors (Lipinski definition) is 4. The van der Waals surface area contributed by atoms with Gasteiger partial charge in [0.1, 0.15) is 12.7 Å². The molecule has 0 rings (SSSR count). The zero-order valence-corrected chi connectivity index (χ0v) is 24.0. The highest BCUT2D eigenvalue weighted by Crippen LogP contribution is 2.39. The molecular weight excluding hydrogens is 408 g/mol. The smallest absolute Gasteiger partial charge is 0.334 e. The zero-order valence-electron chi connectivity index (χ0n) is 22.0. The van der Waals surface area contributed by atoms with Gasteiger partial charge in [0.15, 0.2) is 16.6 Å². The summed E-state index contributed by atoms with van der Waals surface area (Å²) in [4.78, 5) is 12.9. The lowest BCUT2D eigenvalue weighted by Crippen LogP contribution is -2.47. The van der Waals surface area contributed by atoms with Gasteiger partial charge in [-0.05, 0) is 60.6 Å². The summed E-state index contributed by atoms with van der Waals surface area (Å²) < 4.78 is 18.4. The predicted octanol–water partition coefficient (Wildman–Crippen LogP) is 7.32. The minimum atomic E-state index is -2.12. The maximum Gasteiger partial charge on any atom is 0.334 e. The first-order chi connectivity index (χ1) is 13.3. The molecule has 0 aliphatic rings. The first kappa shape index (κ1) is 29.6. The van der Waals surface area contributed by atoms with Gasteiger partial charge in [-0.3, -0.25) is 0 Å². The Labute approximate surface area is 189 Å². The molecule has 0 spiro atoms. The van der Waals surface area contributed by atoms with Gasteiger partial charge in [0, 0.05) is 13.0 Å². The summed E-state index contributed by atoms with van der Waals surface area (Å²) in [6.45, 7) is 31.2.